The summed E-state index contributed by atoms with van der Waals surface area (Å²) in [6.45, 7) is 12.0. The van der Waals surface area contributed by atoms with E-state index in [1.165, 1.54) is 16.6 Å². The molecule has 0 saturated heterocycles. The lowest BCUT2D eigenvalue weighted by atomic mass is 10.2. The van der Waals surface area contributed by atoms with E-state index >= 15 is 0 Å². The van der Waals surface area contributed by atoms with Crippen LogP contribution in [0.4, 0.5) is 0 Å². The fraction of sp³-hybridized carbons (Fsp3) is 0.310. The molecule has 9 nitrogen and oxygen atoms in total. The Hall–Kier alpha value is -2.86. The van der Waals surface area contributed by atoms with Crippen LogP contribution in [-0.2, 0) is 11.4 Å². The molecule has 0 bridgehead atoms. The molecule has 1 radical (unpaired) electrons. The lowest BCUT2D eigenvalue weighted by Gasteiger charge is -2.19. The van der Waals surface area contributed by atoms with Crippen LogP contribution in [0, 0.1) is 0 Å². The lowest BCUT2D eigenvalue weighted by molar-refractivity contribution is 0.0335. The Labute approximate surface area is 250 Å². The van der Waals surface area contributed by atoms with Gasteiger partial charge in [0.15, 0.2) is 0 Å². The summed E-state index contributed by atoms with van der Waals surface area (Å²) in [7, 11) is 0. The zero-order chi connectivity index (χ0) is 29.3. The molecule has 0 atom stereocenters. The van der Waals surface area contributed by atoms with Crippen LogP contribution in [0.15, 0.2) is 85.5 Å². The Kier molecular flexibility index (Phi) is 15.4. The first-order valence-corrected chi connectivity index (χ1v) is 15.0. The van der Waals surface area contributed by atoms with Gasteiger partial charge in [-0.25, -0.2) is 0 Å². The first-order chi connectivity index (χ1) is 19.2. The van der Waals surface area contributed by atoms with Crippen molar-refractivity contribution >= 4 is 31.8 Å². The molecule has 11 heteroatoms. The van der Waals surface area contributed by atoms with Crippen LogP contribution >= 0.6 is 0 Å². The molecule has 0 saturated carbocycles. The van der Waals surface area contributed by atoms with Crippen molar-refractivity contribution in [2.75, 3.05) is 0 Å². The van der Waals surface area contributed by atoms with Gasteiger partial charge in [0.2, 0.25) is 0 Å². The summed E-state index contributed by atoms with van der Waals surface area (Å²) in [5, 5.41) is 9.46. The van der Waals surface area contributed by atoms with E-state index in [9.17, 15) is 5.11 Å². The predicted molar refractivity (Wildman–Crippen MR) is 159 cm³/mol. The van der Waals surface area contributed by atoms with Crippen LogP contribution in [0.2, 0.25) is 0 Å². The van der Waals surface area contributed by atoms with E-state index in [0.717, 1.165) is 17.1 Å². The summed E-state index contributed by atoms with van der Waals surface area (Å²) in [5.41, 5.74) is 2.81. The molecule has 0 unspecified atom stereocenters. The number of nitrogens with zero attached hydrogens (tertiary/aromatic N) is 4. The van der Waals surface area contributed by atoms with Crippen molar-refractivity contribution in [2.24, 2.45) is 0 Å². The summed E-state index contributed by atoms with van der Waals surface area (Å²) in [4.78, 5) is 16.6. The average molecular weight is 576 g/mol. The molecule has 4 heterocycles. The Morgan fingerprint density at radius 1 is 0.600 bits per heavy atom. The summed E-state index contributed by atoms with van der Waals surface area (Å²) in [6.07, 6.45) is 7.30. The molecular formula is C29H37Al2N4O5. The average Bonchev–Trinajstić information content (AvgIpc) is 2.94. The van der Waals surface area contributed by atoms with Gasteiger partial charge in [-0.1, -0.05) is 12.1 Å². The van der Waals surface area contributed by atoms with Gasteiger partial charge in [-0.3, -0.25) is 19.9 Å². The van der Waals surface area contributed by atoms with Gasteiger partial charge in [-0.05, 0) is 90.1 Å². The van der Waals surface area contributed by atoms with Crippen LogP contribution in [0.5, 0.6) is 11.5 Å². The van der Waals surface area contributed by atoms with Crippen LogP contribution in [0.3, 0.4) is 0 Å². The molecule has 0 aliphatic carbocycles. The maximum atomic E-state index is 9.46. The predicted octanol–water partition coefficient (Wildman–Crippen LogP) is 5.43. The summed E-state index contributed by atoms with van der Waals surface area (Å²) in [6, 6.07) is 18.2. The topological polar surface area (TPSA) is 109 Å². The highest BCUT2D eigenvalue weighted by atomic mass is 27.3. The third-order valence-corrected chi connectivity index (χ3v) is 7.29. The fourth-order valence-electron chi connectivity index (χ4n) is 3.06. The lowest BCUT2D eigenvalue weighted by Crippen LogP contribution is -2.34. The van der Waals surface area contributed by atoms with Crippen LogP contribution < -0.4 is 3.79 Å². The van der Waals surface area contributed by atoms with Gasteiger partial charge in [0, 0.05) is 43.1 Å². The number of pyridine rings is 4. The van der Waals surface area contributed by atoms with Crippen molar-refractivity contribution in [2.45, 2.75) is 59.9 Å². The van der Waals surface area contributed by atoms with Crippen LogP contribution in [0.1, 0.15) is 41.5 Å². The first kappa shape index (κ1) is 33.4. The van der Waals surface area contributed by atoms with Gasteiger partial charge in [0.25, 0.3) is 0 Å². The maximum Gasteiger partial charge on any atom is 0.906 e. The van der Waals surface area contributed by atoms with Crippen molar-refractivity contribution in [3.63, 3.8) is 0 Å². The third-order valence-electron chi connectivity index (χ3n) is 4.68. The Morgan fingerprint density at radius 3 is 1.48 bits per heavy atom. The third kappa shape index (κ3) is 12.5. The maximum absolute atomic E-state index is 9.46. The van der Waals surface area contributed by atoms with Gasteiger partial charge < -0.3 is 20.3 Å². The standard InChI is InChI=1S/2C10H8N2O.3C3H7O.2Al.H/c2*13-9-5-3-7-12-10(9)8-4-1-2-6-11-8;3*1-3(2)4;;;/h2*1-7,13H;3*3H,1-2H3;;;/q;;3*-1;+1;+3;/p-1. The van der Waals surface area contributed by atoms with Crippen LogP contribution in [0.25, 0.3) is 22.8 Å². The van der Waals surface area contributed by atoms with E-state index in [-0.39, 0.29) is 24.1 Å². The SMILES string of the molecule is CC(C)[O][Al]([O]C(C)C)[O]C(C)C.Oc1cccnc1-c1ccccn1.[AlH][O]c1cccnc1-c1ccccn1. The molecule has 4 rings (SSSR count). The molecule has 0 fully saturated rings. The highest BCUT2D eigenvalue weighted by molar-refractivity contribution is 6.36. The number of hydrogen-bond donors (Lipinski definition) is 1. The molecule has 209 valence electrons. The largest absolute Gasteiger partial charge is 0.906 e. The summed E-state index contributed by atoms with van der Waals surface area (Å²) in [5.74, 6) is 0.908. The van der Waals surface area contributed by atoms with Crippen molar-refractivity contribution in [1.82, 2.24) is 19.9 Å². The van der Waals surface area contributed by atoms with E-state index in [2.05, 4.69) is 19.9 Å². The number of hydrogen-bond acceptors (Lipinski definition) is 9. The Balaban J connectivity index is 0.000000210. The van der Waals surface area contributed by atoms with Crippen molar-refractivity contribution in [3.05, 3.63) is 85.5 Å². The van der Waals surface area contributed by atoms with Gasteiger partial charge >= 0.3 is 31.8 Å². The number of aromatic hydroxyl groups is 1. The normalized spacial score (nSPS) is 10.4. The van der Waals surface area contributed by atoms with Crippen molar-refractivity contribution in [3.8, 4) is 34.3 Å². The molecule has 0 aromatic carbocycles. The zero-order valence-electron chi connectivity index (χ0n) is 24.0. The molecule has 0 aliphatic rings. The molecule has 4 aromatic heterocycles. The van der Waals surface area contributed by atoms with E-state index in [1.54, 1.807) is 36.9 Å². The zero-order valence-corrected chi connectivity index (χ0v) is 26.5. The number of rotatable bonds is 9. The van der Waals surface area contributed by atoms with E-state index in [4.69, 9.17) is 15.2 Å². The van der Waals surface area contributed by atoms with Crippen LogP contribution in [-0.4, -0.2) is 75.1 Å². The Bertz CT molecular complexity index is 1210. The van der Waals surface area contributed by atoms with Crippen molar-refractivity contribution in [1.29, 1.82) is 0 Å². The fourth-order valence-corrected chi connectivity index (χ4v) is 4.82. The molecule has 0 aliphatic heterocycles. The van der Waals surface area contributed by atoms with Gasteiger partial charge in [0.1, 0.15) is 22.9 Å². The minimum atomic E-state index is -1.91. The second-order valence-electron chi connectivity index (χ2n) is 9.14. The van der Waals surface area contributed by atoms with Gasteiger partial charge in [-0.2, -0.15) is 0 Å². The highest BCUT2D eigenvalue weighted by Gasteiger charge is 2.34. The molecule has 4 aromatic rings. The summed E-state index contributed by atoms with van der Waals surface area (Å²) >= 11 is -0.473. The molecular weight excluding hydrogens is 538 g/mol. The second kappa shape index (κ2) is 18.5. The minimum Gasteiger partial charge on any atom is -0.649 e. The number of aromatic nitrogens is 4. The van der Waals surface area contributed by atoms with Gasteiger partial charge in [-0.15, -0.1) is 0 Å². The Morgan fingerprint density at radius 2 is 1.05 bits per heavy atom. The van der Waals surface area contributed by atoms with Gasteiger partial charge in [0.05, 0.1) is 11.4 Å². The van der Waals surface area contributed by atoms with E-state index < -0.39 is 15.1 Å². The van der Waals surface area contributed by atoms with Crippen molar-refractivity contribution < 1.29 is 20.3 Å². The minimum absolute atomic E-state index is 0.154. The smallest absolute Gasteiger partial charge is 0.649 e. The van der Waals surface area contributed by atoms with E-state index in [1.807, 2.05) is 90.1 Å². The summed E-state index contributed by atoms with van der Waals surface area (Å²) < 4.78 is 21.9. The molecule has 40 heavy (non-hydrogen) atoms. The molecule has 0 spiro atoms. The molecule has 1 N–H and O–H groups in total. The first-order valence-electron chi connectivity index (χ1n) is 13.0. The second-order valence-corrected chi connectivity index (χ2v) is 10.8. The van der Waals surface area contributed by atoms with E-state index in [0.29, 0.717) is 11.4 Å². The highest BCUT2D eigenvalue weighted by Crippen LogP contribution is 2.25. The molecule has 0 amide bonds. The quantitative estimate of drug-likeness (QED) is 0.261. The monoisotopic (exact) mass is 575 g/mol.